The van der Waals surface area contributed by atoms with Crippen LogP contribution in [0.1, 0.15) is 38.5 Å². The Morgan fingerprint density at radius 3 is 2.44 bits per heavy atom. The molecule has 3 N–H and O–H groups in total. The van der Waals surface area contributed by atoms with Crippen LogP contribution in [0.25, 0.3) is 0 Å². The van der Waals surface area contributed by atoms with Gasteiger partial charge in [0, 0.05) is 24.3 Å². The van der Waals surface area contributed by atoms with Gasteiger partial charge in [-0.2, -0.15) is 13.2 Å². The average molecular weight is 284 g/mol. The van der Waals surface area contributed by atoms with Gasteiger partial charge in [0.05, 0.1) is 0 Å². The Morgan fingerprint density at radius 1 is 1.28 bits per heavy atom. The number of thioether (sulfide) groups is 1. The van der Waals surface area contributed by atoms with E-state index in [4.69, 9.17) is 5.73 Å². The first kappa shape index (κ1) is 15.6. The van der Waals surface area contributed by atoms with Gasteiger partial charge in [-0.25, -0.2) is 0 Å². The summed E-state index contributed by atoms with van der Waals surface area (Å²) in [5.41, 5.74) is 1.40. The van der Waals surface area contributed by atoms with Crippen molar-refractivity contribution in [3.63, 3.8) is 0 Å². The summed E-state index contributed by atoms with van der Waals surface area (Å²) in [6, 6.07) is 0. The largest absolute Gasteiger partial charge is 0.441 e. The van der Waals surface area contributed by atoms with Gasteiger partial charge in [0.25, 0.3) is 0 Å². The molecule has 0 aromatic carbocycles. The van der Waals surface area contributed by atoms with E-state index in [2.05, 4.69) is 5.32 Å². The minimum Gasteiger partial charge on any atom is -0.355 e. The first-order valence-corrected chi connectivity index (χ1v) is 7.06. The lowest BCUT2D eigenvalue weighted by atomic mass is 9.80. The van der Waals surface area contributed by atoms with E-state index in [1.165, 1.54) is 0 Å². The number of nitrogens with two attached hydrogens (primary N) is 1. The van der Waals surface area contributed by atoms with E-state index < -0.39 is 11.0 Å². The lowest BCUT2D eigenvalue weighted by molar-refractivity contribution is -0.122. The first-order chi connectivity index (χ1) is 8.31. The minimum atomic E-state index is -4.23. The van der Waals surface area contributed by atoms with E-state index in [1.54, 1.807) is 0 Å². The standard InChI is InChI=1S/C11H19F3N2OS/c12-11(13,14)18-7-6-16-9(17)8-10(15)4-2-1-3-5-10/h1-8,15H2,(H,16,17). The van der Waals surface area contributed by atoms with E-state index in [-0.39, 0.29) is 36.4 Å². The number of alkyl halides is 3. The first-order valence-electron chi connectivity index (χ1n) is 6.07. The highest BCUT2D eigenvalue weighted by atomic mass is 32.2. The number of hydrogen-bond acceptors (Lipinski definition) is 3. The van der Waals surface area contributed by atoms with Crippen molar-refractivity contribution in [1.82, 2.24) is 5.32 Å². The number of nitrogens with one attached hydrogen (secondary N) is 1. The van der Waals surface area contributed by atoms with Gasteiger partial charge >= 0.3 is 5.51 Å². The van der Waals surface area contributed by atoms with Crippen molar-refractivity contribution >= 4 is 17.7 Å². The second kappa shape index (κ2) is 6.65. The zero-order valence-corrected chi connectivity index (χ0v) is 11.0. The molecule has 1 rings (SSSR count). The highest BCUT2D eigenvalue weighted by Crippen LogP contribution is 2.30. The molecule has 0 atom stereocenters. The van der Waals surface area contributed by atoms with Crippen molar-refractivity contribution in [3.05, 3.63) is 0 Å². The second-order valence-electron chi connectivity index (χ2n) is 4.74. The van der Waals surface area contributed by atoms with Gasteiger partial charge in [-0.1, -0.05) is 19.3 Å². The van der Waals surface area contributed by atoms with Crippen LogP contribution in [0.3, 0.4) is 0 Å². The maximum Gasteiger partial charge on any atom is 0.441 e. The molecule has 106 valence electrons. The Balaban J connectivity index is 2.17. The summed E-state index contributed by atoms with van der Waals surface area (Å²) in [5.74, 6) is -0.408. The summed E-state index contributed by atoms with van der Waals surface area (Å²) in [4.78, 5) is 11.6. The molecule has 0 saturated heterocycles. The van der Waals surface area contributed by atoms with Crippen molar-refractivity contribution in [3.8, 4) is 0 Å². The van der Waals surface area contributed by atoms with Crippen LogP contribution in [-0.4, -0.2) is 29.3 Å². The maximum absolute atomic E-state index is 11.8. The summed E-state index contributed by atoms with van der Waals surface area (Å²) in [6.07, 6.45) is 5.03. The zero-order chi connectivity index (χ0) is 13.6. The molecule has 0 bridgehead atoms. The van der Waals surface area contributed by atoms with E-state index >= 15 is 0 Å². The molecule has 0 unspecified atom stereocenters. The van der Waals surface area contributed by atoms with Crippen LogP contribution in [0.15, 0.2) is 0 Å². The molecule has 1 aliphatic rings. The van der Waals surface area contributed by atoms with Gasteiger partial charge in [-0.3, -0.25) is 4.79 Å². The monoisotopic (exact) mass is 284 g/mol. The Morgan fingerprint density at radius 2 is 1.89 bits per heavy atom. The van der Waals surface area contributed by atoms with Gasteiger partial charge < -0.3 is 11.1 Å². The van der Waals surface area contributed by atoms with Crippen molar-refractivity contribution in [1.29, 1.82) is 0 Å². The van der Waals surface area contributed by atoms with Crippen LogP contribution in [0.4, 0.5) is 13.2 Å². The van der Waals surface area contributed by atoms with E-state index in [9.17, 15) is 18.0 Å². The van der Waals surface area contributed by atoms with Crippen molar-refractivity contribution in [2.75, 3.05) is 12.3 Å². The van der Waals surface area contributed by atoms with E-state index in [0.29, 0.717) is 0 Å². The van der Waals surface area contributed by atoms with Gasteiger partial charge in [-0.15, -0.1) is 0 Å². The van der Waals surface area contributed by atoms with Gasteiger partial charge in [0.15, 0.2) is 0 Å². The van der Waals surface area contributed by atoms with Crippen molar-refractivity contribution < 1.29 is 18.0 Å². The molecule has 0 aliphatic heterocycles. The van der Waals surface area contributed by atoms with Gasteiger partial charge in [-0.05, 0) is 24.6 Å². The van der Waals surface area contributed by atoms with Crippen molar-refractivity contribution in [2.45, 2.75) is 49.6 Å². The summed E-state index contributed by atoms with van der Waals surface area (Å²) in [7, 11) is 0. The summed E-state index contributed by atoms with van der Waals surface area (Å²) < 4.78 is 35.5. The molecule has 7 heteroatoms. The SMILES string of the molecule is NC1(CC(=O)NCCSC(F)(F)F)CCCCC1. The third kappa shape index (κ3) is 6.49. The second-order valence-corrected chi connectivity index (χ2v) is 5.90. The number of carbonyl (C=O) groups excluding carboxylic acids is 1. The lowest BCUT2D eigenvalue weighted by Crippen LogP contribution is -2.46. The van der Waals surface area contributed by atoms with E-state index in [1.807, 2.05) is 0 Å². The smallest absolute Gasteiger partial charge is 0.355 e. The van der Waals surface area contributed by atoms with Crippen LogP contribution in [0, 0.1) is 0 Å². The van der Waals surface area contributed by atoms with Crippen LogP contribution in [-0.2, 0) is 4.79 Å². The van der Waals surface area contributed by atoms with Crippen LogP contribution >= 0.6 is 11.8 Å². The molecular formula is C11H19F3N2OS. The summed E-state index contributed by atoms with van der Waals surface area (Å²) in [6.45, 7) is 0.0269. The molecule has 18 heavy (non-hydrogen) atoms. The summed E-state index contributed by atoms with van der Waals surface area (Å²) >= 11 is -0.125. The van der Waals surface area contributed by atoms with Crippen LogP contribution < -0.4 is 11.1 Å². The zero-order valence-electron chi connectivity index (χ0n) is 10.2. The maximum atomic E-state index is 11.8. The van der Waals surface area contributed by atoms with Crippen molar-refractivity contribution in [2.24, 2.45) is 5.73 Å². The van der Waals surface area contributed by atoms with Gasteiger partial charge in [0.2, 0.25) is 5.91 Å². The Kier molecular flexibility index (Phi) is 5.78. The molecule has 0 aromatic rings. The molecule has 0 heterocycles. The average Bonchev–Trinajstić information content (AvgIpc) is 2.23. The molecule has 1 saturated carbocycles. The molecule has 1 aliphatic carbocycles. The number of rotatable bonds is 5. The minimum absolute atomic E-state index is 0.0269. The number of carbonyl (C=O) groups is 1. The topological polar surface area (TPSA) is 55.1 Å². The summed E-state index contributed by atoms with van der Waals surface area (Å²) in [5, 5.41) is 2.49. The molecule has 0 aromatic heterocycles. The Labute approximate surface area is 109 Å². The Bertz CT molecular complexity index is 278. The third-order valence-corrected chi connectivity index (χ3v) is 3.79. The molecule has 1 amide bonds. The quantitative estimate of drug-likeness (QED) is 0.762. The highest BCUT2D eigenvalue weighted by Gasteiger charge is 2.30. The molecule has 3 nitrogen and oxygen atoms in total. The lowest BCUT2D eigenvalue weighted by Gasteiger charge is -2.32. The normalized spacial score (nSPS) is 19.6. The van der Waals surface area contributed by atoms with Crippen LogP contribution in [0.2, 0.25) is 0 Å². The number of halogens is 3. The van der Waals surface area contributed by atoms with Crippen LogP contribution in [0.5, 0.6) is 0 Å². The Hall–Kier alpha value is -0.430. The molecular weight excluding hydrogens is 265 g/mol. The fraction of sp³-hybridized carbons (Fsp3) is 0.909. The molecule has 0 radical (unpaired) electrons. The number of hydrogen-bond donors (Lipinski definition) is 2. The number of amides is 1. The van der Waals surface area contributed by atoms with Gasteiger partial charge in [0.1, 0.15) is 0 Å². The highest BCUT2D eigenvalue weighted by molar-refractivity contribution is 8.00. The fourth-order valence-electron chi connectivity index (χ4n) is 2.17. The third-order valence-electron chi connectivity index (χ3n) is 3.05. The van der Waals surface area contributed by atoms with E-state index in [0.717, 1.165) is 32.1 Å². The molecule has 1 fully saturated rings. The predicted octanol–water partition coefficient (Wildman–Crippen LogP) is 2.41. The fourth-order valence-corrected chi connectivity index (χ4v) is 2.61. The molecule has 0 spiro atoms. The predicted molar refractivity (Wildman–Crippen MR) is 66.1 cm³/mol.